The summed E-state index contributed by atoms with van der Waals surface area (Å²) in [6.45, 7) is 1.47. The first-order chi connectivity index (χ1) is 12.5. The molecule has 0 aliphatic carbocycles. The molecule has 0 saturated carbocycles. The van der Waals surface area contributed by atoms with E-state index in [1.54, 1.807) is 13.2 Å². The number of amides is 1. The Bertz CT molecular complexity index is 778. The minimum atomic E-state index is -0.263. The molecule has 0 bridgehead atoms. The second-order valence-electron chi connectivity index (χ2n) is 6.84. The molecule has 0 spiro atoms. The Hall–Kier alpha value is -2.40. The van der Waals surface area contributed by atoms with Gasteiger partial charge in [-0.05, 0) is 60.8 Å². The van der Waals surface area contributed by atoms with Gasteiger partial charge in [-0.1, -0.05) is 18.2 Å². The molecule has 5 heteroatoms. The number of methoxy groups -OCH3 is 1. The van der Waals surface area contributed by atoms with Gasteiger partial charge in [0.15, 0.2) is 0 Å². The Balaban J connectivity index is 1.51. The first kappa shape index (κ1) is 18.4. The fraction of sp³-hybridized carbons (Fsp3) is 0.381. The molecule has 0 unspecified atom stereocenters. The lowest BCUT2D eigenvalue weighted by Crippen LogP contribution is -2.45. The number of likely N-dealkylation sites (N-methyl/N-ethyl adjacent to an activating group) is 1. The van der Waals surface area contributed by atoms with Gasteiger partial charge < -0.3 is 10.1 Å². The molecule has 2 aromatic rings. The Morgan fingerprint density at radius 2 is 2.12 bits per heavy atom. The van der Waals surface area contributed by atoms with Crippen LogP contribution < -0.4 is 10.1 Å². The van der Waals surface area contributed by atoms with Crippen LogP contribution in [0, 0.1) is 5.82 Å². The highest BCUT2D eigenvalue weighted by Crippen LogP contribution is 2.25. The van der Waals surface area contributed by atoms with Gasteiger partial charge in [0.25, 0.3) is 0 Å². The van der Waals surface area contributed by atoms with E-state index in [0.717, 1.165) is 24.3 Å². The van der Waals surface area contributed by atoms with Crippen LogP contribution in [0.2, 0.25) is 0 Å². The zero-order valence-corrected chi connectivity index (χ0v) is 15.3. The second kappa shape index (κ2) is 8.32. The Morgan fingerprint density at radius 3 is 2.88 bits per heavy atom. The maximum Gasteiger partial charge on any atom is 0.220 e. The van der Waals surface area contributed by atoms with Crippen molar-refractivity contribution in [2.45, 2.75) is 31.8 Å². The van der Waals surface area contributed by atoms with E-state index in [4.69, 9.17) is 4.74 Å². The molecule has 26 heavy (non-hydrogen) atoms. The maximum atomic E-state index is 13.2. The molecule has 1 aliphatic rings. The molecule has 0 fully saturated rings. The molecule has 138 valence electrons. The molecule has 0 radical (unpaired) electrons. The predicted molar refractivity (Wildman–Crippen MR) is 99.7 cm³/mol. The minimum absolute atomic E-state index is 0.000833. The van der Waals surface area contributed by atoms with Gasteiger partial charge in [-0.2, -0.15) is 0 Å². The lowest BCUT2D eigenvalue weighted by atomic mass is 9.94. The average Bonchev–Trinajstić information content (AvgIpc) is 2.64. The van der Waals surface area contributed by atoms with Crippen LogP contribution in [0.3, 0.4) is 0 Å². The molecule has 0 saturated heterocycles. The van der Waals surface area contributed by atoms with Crippen LogP contribution >= 0.6 is 0 Å². The number of hydrogen-bond acceptors (Lipinski definition) is 3. The van der Waals surface area contributed by atoms with Crippen LogP contribution in [0.4, 0.5) is 4.39 Å². The van der Waals surface area contributed by atoms with Gasteiger partial charge in [-0.3, -0.25) is 9.69 Å². The second-order valence-corrected chi connectivity index (χ2v) is 6.84. The Kier molecular flexibility index (Phi) is 5.89. The quantitative estimate of drug-likeness (QED) is 0.865. The molecule has 1 aliphatic heterocycles. The SMILES string of the molecule is COc1ccc2c(c1)C[C@@H](CNC(=O)CCc1cccc(F)c1)N(C)C2. The lowest BCUT2D eigenvalue weighted by molar-refractivity contribution is -0.121. The van der Waals surface area contributed by atoms with Crippen molar-refractivity contribution in [1.29, 1.82) is 0 Å². The Labute approximate surface area is 154 Å². The largest absolute Gasteiger partial charge is 0.497 e. The summed E-state index contributed by atoms with van der Waals surface area (Å²) in [7, 11) is 3.75. The Morgan fingerprint density at radius 1 is 1.27 bits per heavy atom. The lowest BCUT2D eigenvalue weighted by Gasteiger charge is -2.34. The number of halogens is 1. The van der Waals surface area contributed by atoms with E-state index in [0.29, 0.717) is 19.4 Å². The number of nitrogens with zero attached hydrogens (tertiary/aromatic N) is 1. The van der Waals surface area contributed by atoms with E-state index in [1.807, 2.05) is 12.1 Å². The summed E-state index contributed by atoms with van der Waals surface area (Å²) in [6, 6.07) is 12.8. The molecule has 2 aromatic carbocycles. The smallest absolute Gasteiger partial charge is 0.220 e. The van der Waals surface area contributed by atoms with Gasteiger partial charge in [0, 0.05) is 25.6 Å². The highest BCUT2D eigenvalue weighted by Gasteiger charge is 2.24. The van der Waals surface area contributed by atoms with Gasteiger partial charge in [0.05, 0.1) is 7.11 Å². The molecule has 1 N–H and O–H groups in total. The zero-order valence-electron chi connectivity index (χ0n) is 15.3. The van der Waals surface area contributed by atoms with E-state index < -0.39 is 0 Å². The van der Waals surface area contributed by atoms with Crippen molar-refractivity contribution in [1.82, 2.24) is 10.2 Å². The van der Waals surface area contributed by atoms with Crippen molar-refractivity contribution in [3.63, 3.8) is 0 Å². The summed E-state index contributed by atoms with van der Waals surface area (Å²) in [5, 5.41) is 3.02. The van der Waals surface area contributed by atoms with E-state index >= 15 is 0 Å². The number of fused-ring (bicyclic) bond motifs is 1. The number of nitrogens with one attached hydrogen (secondary N) is 1. The summed E-state index contributed by atoms with van der Waals surface area (Å²) < 4.78 is 18.5. The summed E-state index contributed by atoms with van der Waals surface area (Å²) in [6.07, 6.45) is 1.79. The van der Waals surface area contributed by atoms with Crippen LogP contribution in [-0.4, -0.2) is 37.6 Å². The third-order valence-electron chi connectivity index (χ3n) is 4.98. The van der Waals surface area contributed by atoms with Crippen molar-refractivity contribution in [2.75, 3.05) is 20.7 Å². The number of carbonyl (C=O) groups is 1. The zero-order chi connectivity index (χ0) is 18.5. The monoisotopic (exact) mass is 356 g/mol. The summed E-state index contributed by atoms with van der Waals surface area (Å²) in [4.78, 5) is 14.4. The molecule has 4 nitrogen and oxygen atoms in total. The number of aryl methyl sites for hydroxylation is 1. The van der Waals surface area contributed by atoms with Gasteiger partial charge in [-0.15, -0.1) is 0 Å². The van der Waals surface area contributed by atoms with Crippen LogP contribution in [0.15, 0.2) is 42.5 Å². The van der Waals surface area contributed by atoms with Crippen LogP contribution in [-0.2, 0) is 24.2 Å². The summed E-state index contributed by atoms with van der Waals surface area (Å²) >= 11 is 0. The third-order valence-corrected chi connectivity index (χ3v) is 4.98. The highest BCUT2D eigenvalue weighted by atomic mass is 19.1. The molecule has 0 aromatic heterocycles. The normalized spacial score (nSPS) is 16.8. The number of ether oxygens (including phenoxy) is 1. The van der Waals surface area contributed by atoms with Gasteiger partial charge >= 0.3 is 0 Å². The predicted octanol–water partition coefficient (Wildman–Crippen LogP) is 2.94. The molecule has 1 amide bonds. The fourth-order valence-electron chi connectivity index (χ4n) is 3.38. The van der Waals surface area contributed by atoms with Crippen LogP contribution in [0.5, 0.6) is 5.75 Å². The topological polar surface area (TPSA) is 41.6 Å². The number of hydrogen-bond donors (Lipinski definition) is 1. The standard InChI is InChI=1S/C21H25FN2O2/c1-24-14-16-7-8-20(26-2)12-17(16)11-19(24)13-23-21(25)9-6-15-4-3-5-18(22)10-15/h3-5,7-8,10,12,19H,6,9,11,13-14H2,1-2H3,(H,23,25)/t19-/m0/s1. The third kappa shape index (κ3) is 4.61. The minimum Gasteiger partial charge on any atom is -0.497 e. The van der Waals surface area contributed by atoms with Crippen molar-refractivity contribution >= 4 is 5.91 Å². The number of carbonyl (C=O) groups excluding carboxylic acids is 1. The van der Waals surface area contributed by atoms with Crippen molar-refractivity contribution in [2.24, 2.45) is 0 Å². The van der Waals surface area contributed by atoms with Crippen LogP contribution in [0.25, 0.3) is 0 Å². The first-order valence-electron chi connectivity index (χ1n) is 8.92. The summed E-state index contributed by atoms with van der Waals surface area (Å²) in [5.74, 6) is 0.603. The molecular weight excluding hydrogens is 331 g/mol. The van der Waals surface area contributed by atoms with Crippen molar-refractivity contribution < 1.29 is 13.9 Å². The van der Waals surface area contributed by atoms with E-state index in [-0.39, 0.29) is 17.8 Å². The highest BCUT2D eigenvalue weighted by molar-refractivity contribution is 5.76. The average molecular weight is 356 g/mol. The summed E-state index contributed by atoms with van der Waals surface area (Å²) in [5.41, 5.74) is 3.43. The first-order valence-corrected chi connectivity index (χ1v) is 8.92. The van der Waals surface area contributed by atoms with E-state index in [2.05, 4.69) is 29.4 Å². The fourth-order valence-corrected chi connectivity index (χ4v) is 3.38. The van der Waals surface area contributed by atoms with Gasteiger partial charge in [-0.25, -0.2) is 4.39 Å². The van der Waals surface area contributed by atoms with Crippen molar-refractivity contribution in [3.8, 4) is 5.75 Å². The van der Waals surface area contributed by atoms with Crippen molar-refractivity contribution in [3.05, 3.63) is 65.0 Å². The number of rotatable bonds is 6. The molecule has 3 rings (SSSR count). The molecule has 1 atom stereocenters. The maximum absolute atomic E-state index is 13.2. The molecule has 1 heterocycles. The molecular formula is C21H25FN2O2. The van der Waals surface area contributed by atoms with E-state index in [1.165, 1.54) is 23.3 Å². The van der Waals surface area contributed by atoms with E-state index in [9.17, 15) is 9.18 Å². The van der Waals surface area contributed by atoms with Gasteiger partial charge in [0.1, 0.15) is 11.6 Å². The van der Waals surface area contributed by atoms with Gasteiger partial charge in [0.2, 0.25) is 5.91 Å². The number of benzene rings is 2. The van der Waals surface area contributed by atoms with Crippen LogP contribution in [0.1, 0.15) is 23.1 Å².